The van der Waals surface area contributed by atoms with Crippen LogP contribution in [0.2, 0.25) is 0 Å². The van der Waals surface area contributed by atoms with E-state index < -0.39 is 6.04 Å². The number of nitrogens with zero attached hydrogens (tertiary/aromatic N) is 1. The number of hydrogen-bond donors (Lipinski definition) is 0. The Bertz CT molecular complexity index is 1310. The molecule has 1 aromatic heterocycles. The minimum Gasteiger partial charge on any atom is -0.490 e. The fourth-order valence-electron chi connectivity index (χ4n) is 4.64. The maximum atomic E-state index is 13.8. The van der Waals surface area contributed by atoms with Gasteiger partial charge in [-0.15, -0.1) is 0 Å². The number of fused-ring (bicyclic) bond motifs is 2. The first-order valence-corrected chi connectivity index (χ1v) is 12.7. The van der Waals surface area contributed by atoms with Crippen LogP contribution in [0.1, 0.15) is 72.0 Å². The lowest BCUT2D eigenvalue weighted by atomic mass is 9.97. The first-order chi connectivity index (χ1) is 17.4. The second-order valence-electron chi connectivity index (χ2n) is 9.20. The lowest BCUT2D eigenvalue weighted by molar-refractivity contribution is 0.0707. The maximum Gasteiger partial charge on any atom is 0.290 e. The van der Waals surface area contributed by atoms with E-state index in [9.17, 15) is 9.59 Å². The summed E-state index contributed by atoms with van der Waals surface area (Å²) in [5, 5.41) is 0.484. The van der Waals surface area contributed by atoms with Gasteiger partial charge in [0.15, 0.2) is 16.9 Å². The van der Waals surface area contributed by atoms with Gasteiger partial charge in [-0.05, 0) is 74.6 Å². The van der Waals surface area contributed by atoms with Crippen LogP contribution in [-0.4, -0.2) is 44.3 Å². The lowest BCUT2D eigenvalue weighted by Crippen LogP contribution is -2.31. The number of carbonyl (C=O) groups excluding carboxylic acids is 1. The Morgan fingerprint density at radius 2 is 1.72 bits per heavy atom. The summed E-state index contributed by atoms with van der Waals surface area (Å²) in [6.07, 6.45) is 2.61. The topological polar surface area (TPSA) is 78.2 Å². The van der Waals surface area contributed by atoms with Gasteiger partial charge in [-0.1, -0.05) is 19.4 Å². The van der Waals surface area contributed by atoms with Crippen LogP contribution in [0.5, 0.6) is 11.5 Å². The number of carbonyl (C=O) groups is 1. The predicted molar refractivity (Wildman–Crippen MR) is 139 cm³/mol. The number of rotatable bonds is 11. The molecule has 192 valence electrons. The molecule has 3 aromatic rings. The third kappa shape index (κ3) is 4.85. The number of ether oxygens (including phenoxy) is 3. The van der Waals surface area contributed by atoms with Crippen molar-refractivity contribution >= 4 is 16.9 Å². The molecule has 1 aliphatic heterocycles. The lowest BCUT2D eigenvalue weighted by Gasteiger charge is -2.26. The summed E-state index contributed by atoms with van der Waals surface area (Å²) >= 11 is 0. The Morgan fingerprint density at radius 1 is 0.944 bits per heavy atom. The molecular formula is C29H35NO6. The van der Waals surface area contributed by atoms with Crippen LogP contribution in [0.25, 0.3) is 11.0 Å². The van der Waals surface area contributed by atoms with E-state index in [0.29, 0.717) is 60.8 Å². The van der Waals surface area contributed by atoms with Gasteiger partial charge in [-0.3, -0.25) is 9.59 Å². The molecule has 1 unspecified atom stereocenters. The number of aryl methyl sites for hydroxylation is 2. The normalized spacial score (nSPS) is 15.0. The Morgan fingerprint density at radius 3 is 2.44 bits per heavy atom. The highest BCUT2D eigenvalue weighted by atomic mass is 16.5. The van der Waals surface area contributed by atoms with Crippen LogP contribution in [0.3, 0.4) is 0 Å². The van der Waals surface area contributed by atoms with E-state index in [4.69, 9.17) is 18.6 Å². The Labute approximate surface area is 212 Å². The van der Waals surface area contributed by atoms with E-state index in [1.54, 1.807) is 12.0 Å². The highest BCUT2D eigenvalue weighted by molar-refractivity contribution is 5.99. The van der Waals surface area contributed by atoms with Gasteiger partial charge in [0.1, 0.15) is 5.58 Å². The molecule has 0 spiro atoms. The number of hydrogen-bond acceptors (Lipinski definition) is 6. The van der Waals surface area contributed by atoms with Crippen molar-refractivity contribution in [2.24, 2.45) is 0 Å². The minimum atomic E-state index is -0.587. The fraction of sp³-hybridized carbons (Fsp3) is 0.448. The second kappa shape index (κ2) is 11.2. The van der Waals surface area contributed by atoms with Crippen LogP contribution >= 0.6 is 0 Å². The van der Waals surface area contributed by atoms with Crippen molar-refractivity contribution in [1.82, 2.24) is 4.90 Å². The Kier molecular flexibility index (Phi) is 7.99. The van der Waals surface area contributed by atoms with E-state index in [1.807, 2.05) is 51.1 Å². The molecule has 2 aromatic carbocycles. The molecule has 2 heterocycles. The number of unbranched alkanes of at least 4 members (excludes halogenated alkanes) is 1. The van der Waals surface area contributed by atoms with Gasteiger partial charge in [0, 0.05) is 20.3 Å². The van der Waals surface area contributed by atoms with Gasteiger partial charge in [0.25, 0.3) is 5.91 Å². The Hall–Kier alpha value is -3.32. The molecule has 1 atom stereocenters. The molecule has 7 nitrogen and oxygen atoms in total. The van der Waals surface area contributed by atoms with Crippen molar-refractivity contribution in [3.63, 3.8) is 0 Å². The zero-order valence-electron chi connectivity index (χ0n) is 21.8. The third-order valence-corrected chi connectivity index (χ3v) is 6.67. The zero-order chi connectivity index (χ0) is 25.8. The van der Waals surface area contributed by atoms with Gasteiger partial charge < -0.3 is 23.5 Å². The van der Waals surface area contributed by atoms with E-state index in [-0.39, 0.29) is 17.1 Å². The van der Waals surface area contributed by atoms with Gasteiger partial charge in [-0.25, -0.2) is 0 Å². The van der Waals surface area contributed by atoms with Crippen molar-refractivity contribution in [3.05, 3.63) is 68.6 Å². The average molecular weight is 494 g/mol. The molecular weight excluding hydrogens is 458 g/mol. The molecule has 0 aliphatic carbocycles. The molecule has 0 saturated heterocycles. The standard InChI is InChI=1S/C29H35NO6/c1-6-8-14-35-22-11-10-20(17-24(22)34-7-2)26-25-27(31)21-15-18(3)19(4)16-23(21)36-28(25)29(32)30(26)12-9-13-33-5/h10-11,15-17,26H,6-9,12-14H2,1-5H3. The molecule has 0 bridgehead atoms. The summed E-state index contributed by atoms with van der Waals surface area (Å²) in [5.41, 5.74) is 3.41. The Balaban J connectivity index is 1.86. The smallest absolute Gasteiger partial charge is 0.290 e. The van der Waals surface area contributed by atoms with Crippen LogP contribution in [0.4, 0.5) is 0 Å². The quantitative estimate of drug-likeness (QED) is 0.325. The molecule has 0 saturated carbocycles. The average Bonchev–Trinajstić information content (AvgIpc) is 3.13. The number of benzene rings is 2. The van der Waals surface area contributed by atoms with E-state index in [1.165, 1.54) is 0 Å². The summed E-state index contributed by atoms with van der Waals surface area (Å²) in [6.45, 7) is 9.95. The van der Waals surface area contributed by atoms with Crippen LogP contribution in [-0.2, 0) is 4.74 Å². The molecule has 0 N–H and O–H groups in total. The summed E-state index contributed by atoms with van der Waals surface area (Å²) < 4.78 is 23.2. The highest BCUT2D eigenvalue weighted by Gasteiger charge is 2.42. The second-order valence-corrected chi connectivity index (χ2v) is 9.20. The number of methoxy groups -OCH3 is 1. The summed E-state index contributed by atoms with van der Waals surface area (Å²) in [5.74, 6) is 1.07. The highest BCUT2D eigenvalue weighted by Crippen LogP contribution is 2.41. The monoisotopic (exact) mass is 493 g/mol. The molecule has 1 amide bonds. The fourth-order valence-corrected chi connectivity index (χ4v) is 4.64. The van der Waals surface area contributed by atoms with Crippen molar-refractivity contribution < 1.29 is 23.4 Å². The van der Waals surface area contributed by atoms with Gasteiger partial charge in [0.2, 0.25) is 5.76 Å². The zero-order valence-corrected chi connectivity index (χ0v) is 21.8. The van der Waals surface area contributed by atoms with Crippen molar-refractivity contribution in [1.29, 1.82) is 0 Å². The van der Waals surface area contributed by atoms with E-state index in [2.05, 4.69) is 6.92 Å². The first-order valence-electron chi connectivity index (χ1n) is 12.7. The van der Waals surface area contributed by atoms with Crippen molar-refractivity contribution in [2.75, 3.05) is 33.5 Å². The van der Waals surface area contributed by atoms with Crippen LogP contribution < -0.4 is 14.9 Å². The van der Waals surface area contributed by atoms with E-state index >= 15 is 0 Å². The van der Waals surface area contributed by atoms with Crippen molar-refractivity contribution in [3.8, 4) is 11.5 Å². The molecule has 1 aliphatic rings. The summed E-state index contributed by atoms with van der Waals surface area (Å²) in [4.78, 5) is 29.1. The van der Waals surface area contributed by atoms with Crippen molar-refractivity contribution in [2.45, 2.75) is 53.0 Å². The van der Waals surface area contributed by atoms with Gasteiger partial charge in [0.05, 0.1) is 30.2 Å². The molecule has 7 heteroatoms. The van der Waals surface area contributed by atoms with Gasteiger partial charge in [-0.2, -0.15) is 0 Å². The maximum absolute atomic E-state index is 13.8. The largest absolute Gasteiger partial charge is 0.490 e. The first kappa shape index (κ1) is 25.8. The van der Waals surface area contributed by atoms with Gasteiger partial charge >= 0.3 is 0 Å². The summed E-state index contributed by atoms with van der Waals surface area (Å²) in [6, 6.07) is 8.74. The van der Waals surface area contributed by atoms with Crippen LogP contribution in [0.15, 0.2) is 39.5 Å². The minimum absolute atomic E-state index is 0.111. The SMILES string of the molecule is CCCCOc1ccc(C2c3c(oc4cc(C)c(C)cc4c3=O)C(=O)N2CCCOC)cc1OCC. The third-order valence-electron chi connectivity index (χ3n) is 6.67. The number of amides is 1. The van der Waals surface area contributed by atoms with E-state index in [0.717, 1.165) is 29.5 Å². The van der Waals surface area contributed by atoms with Crippen LogP contribution in [0, 0.1) is 13.8 Å². The molecule has 4 rings (SSSR count). The molecule has 0 fully saturated rings. The predicted octanol–water partition coefficient (Wildman–Crippen LogP) is 5.57. The summed E-state index contributed by atoms with van der Waals surface area (Å²) in [7, 11) is 1.63. The molecule has 0 radical (unpaired) electrons. The molecule has 36 heavy (non-hydrogen) atoms.